The van der Waals surface area contributed by atoms with Gasteiger partial charge in [0.1, 0.15) is 11.6 Å². The lowest BCUT2D eigenvalue weighted by molar-refractivity contribution is -0.137. The van der Waals surface area contributed by atoms with Gasteiger partial charge in [0.2, 0.25) is 11.8 Å². The number of benzene rings is 2. The van der Waals surface area contributed by atoms with Gasteiger partial charge in [0.05, 0.1) is 24.3 Å². The van der Waals surface area contributed by atoms with Crippen molar-refractivity contribution in [3.05, 3.63) is 65.0 Å². The normalized spacial score (nSPS) is 19.8. The number of ether oxygens (including phenoxy) is 1. The highest BCUT2D eigenvalue weighted by atomic mass is 19.4. The number of hydrogen-bond donors (Lipinski definition) is 3. The first-order valence-electron chi connectivity index (χ1n) is 15.0. The van der Waals surface area contributed by atoms with Gasteiger partial charge in [-0.05, 0) is 61.4 Å². The lowest BCUT2D eigenvalue weighted by atomic mass is 9.95. The second-order valence-corrected chi connectivity index (χ2v) is 11.1. The minimum absolute atomic E-state index is 0.0374. The van der Waals surface area contributed by atoms with Crippen molar-refractivity contribution in [3.63, 3.8) is 0 Å². The van der Waals surface area contributed by atoms with Crippen molar-refractivity contribution in [3.8, 4) is 18.1 Å². The molecular weight excluding hydrogens is 578 g/mol. The van der Waals surface area contributed by atoms with Crippen LogP contribution in [0.1, 0.15) is 62.1 Å². The Bertz CT molecular complexity index is 1280. The lowest BCUT2D eigenvalue weighted by Crippen LogP contribution is -2.50. The Hall–Kier alpha value is -3.62. The average Bonchev–Trinajstić information content (AvgIpc) is 2.97. The van der Waals surface area contributed by atoms with E-state index in [9.17, 15) is 32.3 Å². The van der Waals surface area contributed by atoms with Crippen molar-refractivity contribution in [1.82, 2.24) is 15.5 Å². The van der Waals surface area contributed by atoms with Gasteiger partial charge < -0.3 is 25.4 Å². The van der Waals surface area contributed by atoms with Crippen LogP contribution in [-0.2, 0) is 28.7 Å². The van der Waals surface area contributed by atoms with Crippen molar-refractivity contribution in [2.45, 2.75) is 76.7 Å². The quantitative estimate of drug-likeness (QED) is 0.290. The van der Waals surface area contributed by atoms with Gasteiger partial charge in [-0.1, -0.05) is 25.1 Å². The van der Waals surface area contributed by atoms with Crippen LogP contribution in [0.3, 0.4) is 0 Å². The number of rotatable bonds is 8. The van der Waals surface area contributed by atoms with E-state index < -0.39 is 41.5 Å². The van der Waals surface area contributed by atoms with E-state index in [0.717, 1.165) is 18.6 Å². The molecule has 0 aromatic heterocycles. The molecule has 2 aromatic rings. The first kappa shape index (κ1) is 34.9. The number of carbonyl (C=O) groups is 2. The molecule has 3 atom stereocenters. The van der Waals surface area contributed by atoms with Crippen molar-refractivity contribution in [2.75, 3.05) is 26.2 Å². The van der Waals surface area contributed by atoms with Crippen molar-refractivity contribution >= 4 is 11.8 Å². The Labute approximate surface area is 256 Å². The zero-order valence-electron chi connectivity index (χ0n) is 25.0. The maximum Gasteiger partial charge on any atom is 0.416 e. The average molecular weight is 620 g/mol. The summed E-state index contributed by atoms with van der Waals surface area (Å²) in [4.78, 5) is 28.2. The highest BCUT2D eigenvalue weighted by molar-refractivity contribution is 5.81. The number of hydrogen-bond acceptors (Lipinski definition) is 5. The van der Waals surface area contributed by atoms with Gasteiger partial charge >= 0.3 is 6.18 Å². The highest BCUT2D eigenvalue weighted by Gasteiger charge is 2.31. The molecule has 0 aliphatic carbocycles. The summed E-state index contributed by atoms with van der Waals surface area (Å²) in [7, 11) is 0. The molecule has 3 rings (SSSR count). The molecule has 2 amide bonds. The van der Waals surface area contributed by atoms with Crippen LogP contribution in [0.4, 0.5) is 17.6 Å². The molecule has 3 N–H and O–H groups in total. The number of terminal acetylenes is 1. The number of aliphatic hydroxyl groups is 1. The number of nitrogens with one attached hydrogen (secondary N) is 2. The van der Waals surface area contributed by atoms with Crippen LogP contribution >= 0.6 is 0 Å². The van der Waals surface area contributed by atoms with E-state index in [-0.39, 0.29) is 44.7 Å². The maximum absolute atomic E-state index is 14.6. The largest absolute Gasteiger partial charge is 0.493 e. The van der Waals surface area contributed by atoms with E-state index >= 15 is 0 Å². The van der Waals surface area contributed by atoms with Crippen LogP contribution in [0, 0.1) is 24.1 Å². The van der Waals surface area contributed by atoms with Crippen molar-refractivity contribution < 1.29 is 37.0 Å². The van der Waals surface area contributed by atoms with Gasteiger partial charge in [0.25, 0.3) is 0 Å². The molecule has 0 spiro atoms. The van der Waals surface area contributed by atoms with E-state index in [0.29, 0.717) is 49.4 Å². The SMILES string of the molecule is C#CCC1CCC(=O)N(CCC)CCCCOc2cc(F)cc(c2)CC(C(O)CNCc2cccc(C(F)(F)F)c2)NC1=O. The number of amides is 2. The Morgan fingerprint density at radius 1 is 1.20 bits per heavy atom. The molecule has 1 aliphatic heterocycles. The van der Waals surface area contributed by atoms with E-state index in [4.69, 9.17) is 11.2 Å². The fourth-order valence-electron chi connectivity index (χ4n) is 5.17. The Kier molecular flexibility index (Phi) is 13.5. The molecule has 44 heavy (non-hydrogen) atoms. The summed E-state index contributed by atoms with van der Waals surface area (Å²) in [5.41, 5.74) is 0.0648. The van der Waals surface area contributed by atoms with Gasteiger partial charge in [-0.15, -0.1) is 12.3 Å². The summed E-state index contributed by atoms with van der Waals surface area (Å²) in [5, 5.41) is 16.9. The van der Waals surface area contributed by atoms with E-state index in [2.05, 4.69) is 16.6 Å². The number of aliphatic hydroxyl groups excluding tert-OH is 1. The molecule has 1 aliphatic rings. The highest BCUT2D eigenvalue weighted by Crippen LogP contribution is 2.29. The first-order chi connectivity index (χ1) is 21.0. The zero-order valence-corrected chi connectivity index (χ0v) is 25.0. The molecule has 0 radical (unpaired) electrons. The van der Waals surface area contributed by atoms with Crippen LogP contribution in [0.25, 0.3) is 0 Å². The standard InChI is InChI=1S/C33H41F4N3O4/c1-3-8-25-11-12-31(42)40(13-4-2)14-5-6-15-44-28-18-24(17-27(34)20-28)19-29(39-32(25)43)30(41)22-38-21-23-9-7-10-26(16-23)33(35,36)37/h1,7,9-10,16-18,20,25,29-30,38,41H,4-6,8,11-15,19,21-22H2,2H3,(H,39,43). The van der Waals surface area contributed by atoms with Gasteiger partial charge in [-0.3, -0.25) is 9.59 Å². The minimum Gasteiger partial charge on any atom is -0.493 e. The number of fused-ring (bicyclic) bond motifs is 2. The number of carbonyl (C=O) groups excluding carboxylic acids is 2. The second kappa shape index (κ2) is 17.0. The van der Waals surface area contributed by atoms with Crippen LogP contribution in [0.5, 0.6) is 5.75 Å². The third kappa shape index (κ3) is 11.1. The third-order valence-electron chi connectivity index (χ3n) is 7.49. The minimum atomic E-state index is -4.48. The summed E-state index contributed by atoms with van der Waals surface area (Å²) in [6, 6.07) is 8.14. The van der Waals surface area contributed by atoms with Gasteiger partial charge in [-0.2, -0.15) is 13.2 Å². The van der Waals surface area contributed by atoms with Crippen LogP contribution in [0.2, 0.25) is 0 Å². The molecule has 2 bridgehead atoms. The molecule has 0 saturated carbocycles. The topological polar surface area (TPSA) is 90.9 Å². The summed E-state index contributed by atoms with van der Waals surface area (Å²) < 4.78 is 59.7. The number of halogens is 4. The van der Waals surface area contributed by atoms with Crippen molar-refractivity contribution in [1.29, 1.82) is 0 Å². The molecule has 0 saturated heterocycles. The third-order valence-corrected chi connectivity index (χ3v) is 7.49. The maximum atomic E-state index is 14.6. The predicted octanol–water partition coefficient (Wildman–Crippen LogP) is 4.85. The first-order valence-corrected chi connectivity index (χ1v) is 15.0. The fourth-order valence-corrected chi connectivity index (χ4v) is 5.17. The molecule has 1 heterocycles. The second-order valence-electron chi connectivity index (χ2n) is 11.1. The van der Waals surface area contributed by atoms with Crippen LogP contribution < -0.4 is 15.4 Å². The van der Waals surface area contributed by atoms with Gasteiger partial charge in [0, 0.05) is 51.0 Å². The van der Waals surface area contributed by atoms with Crippen molar-refractivity contribution in [2.24, 2.45) is 5.92 Å². The molecule has 240 valence electrons. The van der Waals surface area contributed by atoms with Gasteiger partial charge in [0.15, 0.2) is 0 Å². The van der Waals surface area contributed by atoms with E-state index in [1.807, 2.05) is 6.92 Å². The lowest BCUT2D eigenvalue weighted by Gasteiger charge is -2.27. The summed E-state index contributed by atoms with van der Waals surface area (Å²) in [5.74, 6) is 1.05. The summed E-state index contributed by atoms with van der Waals surface area (Å²) >= 11 is 0. The molecule has 11 heteroatoms. The van der Waals surface area contributed by atoms with E-state index in [1.54, 1.807) is 11.0 Å². The number of nitrogens with zero attached hydrogens (tertiary/aromatic N) is 1. The van der Waals surface area contributed by atoms with E-state index in [1.165, 1.54) is 24.3 Å². The molecular formula is C33H41F4N3O4. The molecule has 0 fully saturated rings. The molecule has 2 aromatic carbocycles. The Morgan fingerprint density at radius 2 is 2.00 bits per heavy atom. The fraction of sp³-hybridized carbons (Fsp3) is 0.515. The Morgan fingerprint density at radius 3 is 2.73 bits per heavy atom. The smallest absolute Gasteiger partial charge is 0.416 e. The monoisotopic (exact) mass is 619 g/mol. The predicted molar refractivity (Wildman–Crippen MR) is 159 cm³/mol. The molecule has 7 nitrogen and oxygen atoms in total. The Balaban J connectivity index is 1.81. The van der Waals surface area contributed by atoms with Crippen LogP contribution in [-0.4, -0.2) is 60.2 Å². The summed E-state index contributed by atoms with van der Waals surface area (Å²) in [6.45, 7) is 3.39. The summed E-state index contributed by atoms with van der Waals surface area (Å²) in [6.07, 6.45) is 2.48. The number of alkyl halides is 3. The zero-order chi connectivity index (χ0) is 32.1. The van der Waals surface area contributed by atoms with Crippen LogP contribution in [0.15, 0.2) is 42.5 Å². The van der Waals surface area contributed by atoms with Gasteiger partial charge in [-0.25, -0.2) is 4.39 Å². The molecule has 3 unspecified atom stereocenters.